The fraction of sp³-hybridized carbons (Fsp3) is 0.636. The van der Waals surface area contributed by atoms with Crippen molar-refractivity contribution in [3.63, 3.8) is 0 Å². The van der Waals surface area contributed by atoms with Crippen molar-refractivity contribution in [3.05, 3.63) is 20.7 Å². The summed E-state index contributed by atoms with van der Waals surface area (Å²) in [7, 11) is 0. The zero-order chi connectivity index (χ0) is 12.4. The van der Waals surface area contributed by atoms with E-state index >= 15 is 0 Å². The van der Waals surface area contributed by atoms with Gasteiger partial charge in [-0.1, -0.05) is 11.6 Å². The highest BCUT2D eigenvalue weighted by atomic mass is 127. The first-order valence-electron chi connectivity index (χ1n) is 5.61. The first-order chi connectivity index (χ1) is 8.08. The van der Waals surface area contributed by atoms with Crippen molar-refractivity contribution in [1.82, 2.24) is 14.9 Å². The molecule has 1 aromatic rings. The molecular weight excluding hydrogens is 352 g/mol. The van der Waals surface area contributed by atoms with Crippen LogP contribution in [0.3, 0.4) is 0 Å². The number of nitrogens with zero attached hydrogens (tertiary/aromatic N) is 3. The van der Waals surface area contributed by atoms with Gasteiger partial charge in [0.2, 0.25) is 0 Å². The third kappa shape index (κ3) is 3.27. The van der Waals surface area contributed by atoms with Gasteiger partial charge in [-0.25, -0.2) is 9.97 Å². The maximum atomic E-state index is 6.00. The molecule has 0 N–H and O–H groups in total. The zero-order valence-corrected chi connectivity index (χ0v) is 12.8. The molecule has 6 heteroatoms. The van der Waals surface area contributed by atoms with Gasteiger partial charge in [-0.3, -0.25) is 4.90 Å². The molecule has 0 bridgehead atoms. The van der Waals surface area contributed by atoms with Crippen LogP contribution in [0.2, 0.25) is 5.15 Å². The van der Waals surface area contributed by atoms with Gasteiger partial charge in [0.05, 0.1) is 10.2 Å². The van der Waals surface area contributed by atoms with E-state index in [1.54, 1.807) is 6.20 Å². The molecular formula is C11H15ClIN3O. The molecule has 0 aliphatic carbocycles. The van der Waals surface area contributed by atoms with Crippen LogP contribution >= 0.6 is 34.2 Å². The van der Waals surface area contributed by atoms with Crippen molar-refractivity contribution in [2.24, 2.45) is 0 Å². The molecule has 1 aromatic heterocycles. The average Bonchev–Trinajstić information content (AvgIpc) is 2.33. The highest BCUT2D eigenvalue weighted by Gasteiger charge is 2.25. The van der Waals surface area contributed by atoms with Gasteiger partial charge in [0.25, 0.3) is 0 Å². The molecule has 1 fully saturated rings. The van der Waals surface area contributed by atoms with Gasteiger partial charge in [0.15, 0.2) is 5.82 Å². The third-order valence-corrected chi connectivity index (χ3v) is 4.23. The number of hydrogen-bond acceptors (Lipinski definition) is 4. The van der Waals surface area contributed by atoms with Crippen LogP contribution in [-0.4, -0.2) is 40.6 Å². The Bertz CT molecular complexity index is 402. The summed E-state index contributed by atoms with van der Waals surface area (Å²) in [6.45, 7) is 6.88. The van der Waals surface area contributed by atoms with E-state index in [1.165, 1.54) is 0 Å². The third-order valence-electron chi connectivity index (χ3n) is 2.84. The van der Waals surface area contributed by atoms with Crippen molar-refractivity contribution in [3.8, 4) is 0 Å². The molecule has 0 spiro atoms. The molecule has 2 rings (SSSR count). The van der Waals surface area contributed by atoms with Crippen LogP contribution in [-0.2, 0) is 4.74 Å². The summed E-state index contributed by atoms with van der Waals surface area (Å²) in [5.41, 5.74) is 0. The van der Waals surface area contributed by atoms with Crippen LogP contribution < -0.4 is 0 Å². The fourth-order valence-electron chi connectivity index (χ4n) is 1.81. The molecule has 0 aromatic carbocycles. The second-order valence-corrected chi connectivity index (χ2v) is 5.84. The van der Waals surface area contributed by atoms with Gasteiger partial charge >= 0.3 is 0 Å². The Morgan fingerprint density at radius 2 is 2.35 bits per heavy atom. The molecule has 1 aliphatic rings. The minimum Gasteiger partial charge on any atom is -0.368 e. The van der Waals surface area contributed by atoms with Gasteiger partial charge in [0, 0.05) is 25.3 Å². The van der Waals surface area contributed by atoms with Gasteiger partial charge in [-0.2, -0.15) is 0 Å². The van der Waals surface area contributed by atoms with Crippen molar-refractivity contribution >= 4 is 34.2 Å². The maximum absolute atomic E-state index is 6.00. The van der Waals surface area contributed by atoms with E-state index < -0.39 is 0 Å². The molecule has 0 radical (unpaired) electrons. The summed E-state index contributed by atoms with van der Waals surface area (Å²) in [5, 5.41) is 0.501. The van der Waals surface area contributed by atoms with E-state index in [0.717, 1.165) is 23.3 Å². The van der Waals surface area contributed by atoms with E-state index in [0.29, 0.717) is 17.0 Å². The van der Waals surface area contributed by atoms with Crippen LogP contribution in [0.15, 0.2) is 6.20 Å². The molecule has 0 saturated carbocycles. The number of rotatable bonds is 2. The van der Waals surface area contributed by atoms with Crippen LogP contribution in [0, 0.1) is 3.57 Å². The minimum absolute atomic E-state index is 0.0688. The molecule has 94 valence electrons. The molecule has 17 heavy (non-hydrogen) atoms. The molecule has 2 heterocycles. The molecule has 1 saturated heterocycles. The number of ether oxygens (including phenoxy) is 1. The van der Waals surface area contributed by atoms with Crippen LogP contribution in [0.1, 0.15) is 25.8 Å². The minimum atomic E-state index is -0.0688. The standard InChI is InChI=1S/C11H15ClIN3O/c1-7(2)16-3-4-17-9(6-16)11-14-5-8(13)10(12)15-11/h5,7,9H,3-4,6H2,1-2H3. The monoisotopic (exact) mass is 367 g/mol. The summed E-state index contributed by atoms with van der Waals surface area (Å²) < 4.78 is 6.58. The Labute approximate surface area is 120 Å². The summed E-state index contributed by atoms with van der Waals surface area (Å²) in [4.78, 5) is 11.0. The number of morpholine rings is 1. The predicted molar refractivity (Wildman–Crippen MR) is 75.2 cm³/mol. The SMILES string of the molecule is CC(C)N1CCOC(c2ncc(I)c(Cl)n2)C1. The predicted octanol–water partition coefficient (Wildman–Crippen LogP) is 2.52. The summed E-state index contributed by atoms with van der Waals surface area (Å²) in [6.07, 6.45) is 1.67. The lowest BCUT2D eigenvalue weighted by Crippen LogP contribution is -2.42. The van der Waals surface area contributed by atoms with E-state index in [2.05, 4.69) is 51.3 Å². The van der Waals surface area contributed by atoms with Crippen molar-refractivity contribution < 1.29 is 4.74 Å². The normalized spacial score (nSPS) is 22.1. The molecule has 4 nitrogen and oxygen atoms in total. The lowest BCUT2D eigenvalue weighted by Gasteiger charge is -2.34. The topological polar surface area (TPSA) is 38.2 Å². The number of hydrogen-bond donors (Lipinski definition) is 0. The second kappa shape index (κ2) is 5.77. The van der Waals surface area contributed by atoms with Crippen molar-refractivity contribution in [2.45, 2.75) is 26.0 Å². The average molecular weight is 368 g/mol. The van der Waals surface area contributed by atoms with Gasteiger partial charge in [-0.15, -0.1) is 0 Å². The van der Waals surface area contributed by atoms with E-state index in [-0.39, 0.29) is 6.10 Å². The van der Waals surface area contributed by atoms with Crippen LogP contribution in [0.25, 0.3) is 0 Å². The first-order valence-corrected chi connectivity index (χ1v) is 7.07. The van der Waals surface area contributed by atoms with E-state index in [4.69, 9.17) is 16.3 Å². The van der Waals surface area contributed by atoms with Gasteiger partial charge in [-0.05, 0) is 36.4 Å². The molecule has 0 amide bonds. The largest absolute Gasteiger partial charge is 0.368 e. The van der Waals surface area contributed by atoms with Gasteiger partial charge < -0.3 is 4.74 Å². The molecule has 1 aliphatic heterocycles. The Hall–Kier alpha value is 0.0200. The summed E-state index contributed by atoms with van der Waals surface area (Å²) in [5.74, 6) is 0.681. The highest BCUT2D eigenvalue weighted by molar-refractivity contribution is 14.1. The lowest BCUT2D eigenvalue weighted by atomic mass is 10.2. The number of halogens is 2. The van der Waals surface area contributed by atoms with Crippen LogP contribution in [0.4, 0.5) is 0 Å². The Balaban J connectivity index is 2.13. The van der Waals surface area contributed by atoms with Crippen LogP contribution in [0.5, 0.6) is 0 Å². The highest BCUT2D eigenvalue weighted by Crippen LogP contribution is 2.23. The zero-order valence-electron chi connectivity index (χ0n) is 9.86. The lowest BCUT2D eigenvalue weighted by molar-refractivity contribution is -0.0443. The smallest absolute Gasteiger partial charge is 0.160 e. The fourth-order valence-corrected chi connectivity index (χ4v) is 2.20. The summed E-state index contributed by atoms with van der Waals surface area (Å²) in [6, 6.07) is 0.515. The molecule has 1 unspecified atom stereocenters. The molecule has 1 atom stereocenters. The second-order valence-electron chi connectivity index (χ2n) is 4.32. The van der Waals surface area contributed by atoms with E-state index in [9.17, 15) is 0 Å². The Morgan fingerprint density at radius 3 is 3.00 bits per heavy atom. The Kier molecular flexibility index (Phi) is 4.57. The van der Waals surface area contributed by atoms with E-state index in [1.807, 2.05) is 0 Å². The quantitative estimate of drug-likeness (QED) is 0.595. The Morgan fingerprint density at radius 1 is 1.59 bits per heavy atom. The van der Waals surface area contributed by atoms with Crippen molar-refractivity contribution in [2.75, 3.05) is 19.7 Å². The van der Waals surface area contributed by atoms with Crippen molar-refractivity contribution in [1.29, 1.82) is 0 Å². The van der Waals surface area contributed by atoms with Gasteiger partial charge in [0.1, 0.15) is 11.3 Å². The first kappa shape index (κ1) is 13.5. The summed E-state index contributed by atoms with van der Waals surface area (Å²) >= 11 is 8.12. The number of aromatic nitrogens is 2. The maximum Gasteiger partial charge on any atom is 0.160 e.